The average molecular weight is 577 g/mol. The van der Waals surface area contributed by atoms with Crippen molar-refractivity contribution in [3.63, 3.8) is 0 Å². The fraction of sp³-hybridized carbons (Fsp3) is 0.879. The Hall–Kier alpha value is -1.91. The summed E-state index contributed by atoms with van der Waals surface area (Å²) in [6, 6.07) is 0. The first-order valence-electron chi connectivity index (χ1n) is 15.5. The van der Waals surface area contributed by atoms with Gasteiger partial charge in [0.1, 0.15) is 18.1 Å². The van der Waals surface area contributed by atoms with Gasteiger partial charge in [-0.15, -0.1) is 0 Å². The molecular formula is C33H47F3N2O3. The van der Waals surface area contributed by atoms with E-state index in [9.17, 15) is 32.8 Å². The molecule has 41 heavy (non-hydrogen) atoms. The zero-order valence-electron chi connectivity index (χ0n) is 25.8. The topological polar surface area (TPSA) is 78.2 Å². The lowest BCUT2D eigenvalue weighted by atomic mass is 9.31. The van der Waals surface area contributed by atoms with Crippen molar-refractivity contribution in [3.05, 3.63) is 0 Å². The molecular weight excluding hydrogens is 529 g/mol. The zero-order chi connectivity index (χ0) is 30.6. The van der Waals surface area contributed by atoms with Gasteiger partial charge in [0.15, 0.2) is 6.19 Å². The number of hydrogen-bond donors (Lipinski definition) is 0. The molecule has 0 aliphatic heterocycles. The van der Waals surface area contributed by atoms with Crippen LogP contribution in [0.3, 0.4) is 0 Å². The normalized spacial score (nSPS) is 44.9. The number of carbonyl (C=O) groups excluding carboxylic acids is 3. The number of Topliss-reactive ketones (excluding diaryl/α,β-unsaturated/α-hetero) is 2. The van der Waals surface area contributed by atoms with Gasteiger partial charge in [0.2, 0.25) is 5.91 Å². The Morgan fingerprint density at radius 3 is 2.17 bits per heavy atom. The monoisotopic (exact) mass is 576 g/mol. The first kappa shape index (κ1) is 30.5. The molecule has 5 fully saturated rings. The first-order chi connectivity index (χ1) is 18.7. The Kier molecular flexibility index (Phi) is 6.74. The SMILES string of the molecule is CC1(C)CCC2(C(=O)N(C#N)CC(F)(F)F)CCC3(C)C(C(=O)CC4C5(C)CCC(=O)C(C)(C)C5CCC43C)C2C1. The lowest BCUT2D eigenvalue weighted by Gasteiger charge is -2.72. The number of carbonyl (C=O) groups is 3. The molecule has 0 saturated heterocycles. The molecule has 0 spiro atoms. The van der Waals surface area contributed by atoms with Gasteiger partial charge >= 0.3 is 6.18 Å². The summed E-state index contributed by atoms with van der Waals surface area (Å²) in [5.74, 6) is -0.843. The molecule has 8 unspecified atom stereocenters. The molecule has 8 atom stereocenters. The highest BCUT2D eigenvalue weighted by Crippen LogP contribution is 2.76. The highest BCUT2D eigenvalue weighted by molar-refractivity contribution is 5.89. The molecule has 5 saturated carbocycles. The van der Waals surface area contributed by atoms with Crippen LogP contribution in [-0.2, 0) is 14.4 Å². The summed E-state index contributed by atoms with van der Waals surface area (Å²) in [5.41, 5.74) is -2.52. The van der Waals surface area contributed by atoms with Crippen molar-refractivity contribution in [2.75, 3.05) is 6.54 Å². The minimum absolute atomic E-state index is 0.107. The van der Waals surface area contributed by atoms with E-state index in [1.165, 1.54) is 0 Å². The molecule has 5 rings (SSSR count). The lowest BCUT2D eigenvalue weighted by molar-refractivity contribution is -0.235. The van der Waals surface area contributed by atoms with Crippen LogP contribution in [0.15, 0.2) is 0 Å². The Morgan fingerprint density at radius 1 is 0.927 bits per heavy atom. The molecule has 228 valence electrons. The summed E-state index contributed by atoms with van der Waals surface area (Å²) in [6.45, 7) is 13.6. The Morgan fingerprint density at radius 2 is 1.56 bits per heavy atom. The third kappa shape index (κ3) is 4.17. The van der Waals surface area contributed by atoms with Crippen LogP contribution in [0.25, 0.3) is 0 Å². The molecule has 5 aliphatic carbocycles. The van der Waals surface area contributed by atoms with E-state index in [1.807, 2.05) is 0 Å². The number of halogens is 3. The third-order valence-corrected chi connectivity index (χ3v) is 13.9. The van der Waals surface area contributed by atoms with E-state index in [0.717, 1.165) is 19.3 Å². The molecule has 5 aliphatic rings. The van der Waals surface area contributed by atoms with Gasteiger partial charge in [-0.1, -0.05) is 48.5 Å². The summed E-state index contributed by atoms with van der Waals surface area (Å²) >= 11 is 0. The predicted molar refractivity (Wildman–Crippen MR) is 148 cm³/mol. The van der Waals surface area contributed by atoms with Crippen molar-refractivity contribution in [1.29, 1.82) is 5.26 Å². The van der Waals surface area contributed by atoms with E-state index < -0.39 is 46.7 Å². The Labute approximate surface area is 243 Å². The Balaban J connectivity index is 1.58. The second-order valence-electron chi connectivity index (χ2n) is 16.5. The van der Waals surface area contributed by atoms with E-state index >= 15 is 0 Å². The maximum atomic E-state index is 14.5. The molecule has 0 aromatic heterocycles. The van der Waals surface area contributed by atoms with Gasteiger partial charge in [0.05, 0.1) is 5.41 Å². The van der Waals surface area contributed by atoms with E-state index in [4.69, 9.17) is 0 Å². The molecule has 0 aromatic rings. The minimum Gasteiger partial charge on any atom is -0.299 e. The smallest absolute Gasteiger partial charge is 0.299 e. The van der Waals surface area contributed by atoms with Crippen molar-refractivity contribution in [2.45, 2.75) is 119 Å². The van der Waals surface area contributed by atoms with Crippen LogP contribution in [0.2, 0.25) is 0 Å². The predicted octanol–water partition coefficient (Wildman–Crippen LogP) is 7.49. The number of amides is 1. The van der Waals surface area contributed by atoms with E-state index in [2.05, 4.69) is 48.5 Å². The van der Waals surface area contributed by atoms with E-state index in [1.54, 1.807) is 6.19 Å². The molecule has 5 nitrogen and oxygen atoms in total. The molecule has 8 heteroatoms. The summed E-state index contributed by atoms with van der Waals surface area (Å²) in [4.78, 5) is 41.9. The second kappa shape index (κ2) is 9.05. The van der Waals surface area contributed by atoms with E-state index in [-0.39, 0.29) is 33.9 Å². The zero-order valence-corrected chi connectivity index (χ0v) is 25.8. The van der Waals surface area contributed by atoms with Crippen LogP contribution in [-0.4, -0.2) is 35.1 Å². The maximum absolute atomic E-state index is 14.5. The van der Waals surface area contributed by atoms with Crippen molar-refractivity contribution < 1.29 is 27.6 Å². The third-order valence-electron chi connectivity index (χ3n) is 13.9. The van der Waals surface area contributed by atoms with Crippen molar-refractivity contribution >= 4 is 17.5 Å². The molecule has 0 N–H and O–H groups in total. The van der Waals surface area contributed by atoms with Gasteiger partial charge in [0, 0.05) is 24.2 Å². The van der Waals surface area contributed by atoms with E-state index in [0.29, 0.717) is 55.6 Å². The average Bonchev–Trinajstić information content (AvgIpc) is 2.85. The van der Waals surface area contributed by atoms with Gasteiger partial charge in [0.25, 0.3) is 0 Å². The number of nitriles is 1. The number of fused-ring (bicyclic) bond motifs is 7. The number of nitrogens with zero attached hydrogens (tertiary/aromatic N) is 2. The highest BCUT2D eigenvalue weighted by Gasteiger charge is 2.73. The summed E-state index contributed by atoms with van der Waals surface area (Å²) in [7, 11) is 0. The standard InChI is InChI=1S/C33H47F3N2O3/c1-27(2)12-14-32(26(41)38(19-37)18-33(34,35)36)15-13-31(7)25(20(32)17-27)21(39)16-23-29(5)10-9-24(40)28(3,4)22(29)8-11-30(23,31)6/h20,22-23,25H,8-18H2,1-7H3. The lowest BCUT2D eigenvalue weighted by Crippen LogP contribution is -2.70. The van der Waals surface area contributed by atoms with Crippen molar-refractivity contribution in [3.8, 4) is 6.19 Å². The van der Waals surface area contributed by atoms with Gasteiger partial charge in [-0.05, 0) is 90.8 Å². The molecule has 0 heterocycles. The second-order valence-corrected chi connectivity index (χ2v) is 16.5. The summed E-state index contributed by atoms with van der Waals surface area (Å²) in [6.07, 6.45) is 2.99. The van der Waals surface area contributed by atoms with Crippen LogP contribution >= 0.6 is 0 Å². The van der Waals surface area contributed by atoms with Gasteiger partial charge in [-0.25, -0.2) is 4.90 Å². The van der Waals surface area contributed by atoms with Crippen LogP contribution in [0.1, 0.15) is 113 Å². The fourth-order valence-electron chi connectivity index (χ4n) is 11.5. The molecule has 0 radical (unpaired) electrons. The van der Waals surface area contributed by atoms with Gasteiger partial charge in [-0.2, -0.15) is 18.4 Å². The van der Waals surface area contributed by atoms with Crippen LogP contribution in [0, 0.1) is 67.6 Å². The van der Waals surface area contributed by atoms with Crippen molar-refractivity contribution in [1.82, 2.24) is 4.90 Å². The minimum atomic E-state index is -4.68. The highest BCUT2D eigenvalue weighted by atomic mass is 19.4. The molecule has 0 aromatic carbocycles. The van der Waals surface area contributed by atoms with Crippen molar-refractivity contribution in [2.24, 2.45) is 56.2 Å². The number of hydrogen-bond acceptors (Lipinski definition) is 4. The number of rotatable bonds is 2. The molecule has 0 bridgehead atoms. The number of alkyl halides is 3. The van der Waals surface area contributed by atoms with Crippen LogP contribution < -0.4 is 0 Å². The summed E-state index contributed by atoms with van der Waals surface area (Å²) < 4.78 is 40.3. The molecule has 1 amide bonds. The Bertz CT molecular complexity index is 1200. The quantitative estimate of drug-likeness (QED) is 0.252. The number of ketones is 2. The fourth-order valence-corrected chi connectivity index (χ4v) is 11.5. The van der Waals surface area contributed by atoms with Crippen LogP contribution in [0.4, 0.5) is 13.2 Å². The maximum Gasteiger partial charge on any atom is 0.407 e. The first-order valence-corrected chi connectivity index (χ1v) is 15.5. The largest absolute Gasteiger partial charge is 0.407 e. The summed E-state index contributed by atoms with van der Waals surface area (Å²) in [5, 5.41) is 9.67. The van der Waals surface area contributed by atoms with Gasteiger partial charge in [-0.3, -0.25) is 14.4 Å². The van der Waals surface area contributed by atoms with Gasteiger partial charge < -0.3 is 0 Å². The van der Waals surface area contributed by atoms with Crippen LogP contribution in [0.5, 0.6) is 0 Å².